The van der Waals surface area contributed by atoms with Crippen molar-refractivity contribution in [2.45, 2.75) is 13.0 Å². The monoisotopic (exact) mass is 369 g/mol. The second-order valence-electron chi connectivity index (χ2n) is 5.66. The van der Waals surface area contributed by atoms with E-state index in [0.29, 0.717) is 11.6 Å². The molecule has 0 bridgehead atoms. The molecule has 1 aromatic heterocycles. The van der Waals surface area contributed by atoms with Crippen LogP contribution in [0.15, 0.2) is 18.3 Å². The van der Waals surface area contributed by atoms with Gasteiger partial charge in [0.25, 0.3) is 0 Å². The fourth-order valence-electron chi connectivity index (χ4n) is 2.48. The van der Waals surface area contributed by atoms with Crippen molar-refractivity contribution in [2.24, 2.45) is 0 Å². The van der Waals surface area contributed by atoms with Crippen LogP contribution in [0.25, 0.3) is 10.6 Å². The van der Waals surface area contributed by atoms with Gasteiger partial charge in [0.15, 0.2) is 0 Å². The minimum atomic E-state index is -2.22. The first-order valence-corrected chi connectivity index (χ1v) is 8.46. The van der Waals surface area contributed by atoms with Gasteiger partial charge in [-0.25, -0.2) is 14.2 Å². The summed E-state index contributed by atoms with van der Waals surface area (Å²) < 4.78 is 48.2. The summed E-state index contributed by atoms with van der Waals surface area (Å²) in [4.78, 5) is 17.7. The average Bonchev–Trinajstić information content (AvgIpc) is 3.06. The van der Waals surface area contributed by atoms with E-state index in [-0.39, 0.29) is 31.1 Å². The minimum absolute atomic E-state index is 0.00755. The average molecular weight is 369 g/mol. The number of aromatic carboxylic acids is 1. The van der Waals surface area contributed by atoms with E-state index in [1.807, 2.05) is 6.92 Å². The molecule has 1 saturated heterocycles. The SMILES string of the molecule is [2H]C([2H])([2H])N1CCO[C@@H](COc2cc(C(=O)O)c(F)c(-c3ncc(C)s3)c2)C1. The molecule has 0 amide bonds. The van der Waals surface area contributed by atoms with Crippen LogP contribution in [0.2, 0.25) is 0 Å². The van der Waals surface area contributed by atoms with Crippen molar-refractivity contribution < 1.29 is 27.9 Å². The standard InChI is InChI=1S/C17H19FN2O4S/c1-10-7-19-16(25-10)13-5-11(6-14(15(13)18)17(21)22)24-9-12-8-20(2)3-4-23-12/h5-7,12H,3-4,8-9H2,1-2H3,(H,21,22)/t12-/m1/s1/i2D3. The van der Waals surface area contributed by atoms with Crippen LogP contribution in [-0.4, -0.2) is 60.3 Å². The van der Waals surface area contributed by atoms with Crippen LogP contribution >= 0.6 is 11.3 Å². The first kappa shape index (κ1) is 14.2. The van der Waals surface area contributed by atoms with Crippen LogP contribution in [-0.2, 0) is 4.74 Å². The second kappa shape index (κ2) is 7.47. The van der Waals surface area contributed by atoms with Crippen LogP contribution in [0.5, 0.6) is 5.75 Å². The number of thiazole rings is 1. The zero-order chi connectivity index (χ0) is 20.5. The lowest BCUT2D eigenvalue weighted by Gasteiger charge is -2.29. The topological polar surface area (TPSA) is 71.9 Å². The van der Waals surface area contributed by atoms with Crippen molar-refractivity contribution >= 4 is 17.3 Å². The van der Waals surface area contributed by atoms with Gasteiger partial charge in [0.2, 0.25) is 0 Å². The number of hydrogen-bond acceptors (Lipinski definition) is 6. The van der Waals surface area contributed by atoms with E-state index < -0.39 is 30.4 Å². The predicted molar refractivity (Wildman–Crippen MR) is 91.9 cm³/mol. The third-order valence-electron chi connectivity index (χ3n) is 3.70. The molecule has 1 N–H and O–H groups in total. The highest BCUT2D eigenvalue weighted by molar-refractivity contribution is 7.14. The maximum absolute atomic E-state index is 14.6. The van der Waals surface area contributed by atoms with Crippen molar-refractivity contribution in [1.82, 2.24) is 9.88 Å². The molecule has 0 unspecified atom stereocenters. The number of carboxylic acid groups (broad SMARTS) is 1. The summed E-state index contributed by atoms with van der Waals surface area (Å²) >= 11 is 1.24. The summed E-state index contributed by atoms with van der Waals surface area (Å²) in [5.41, 5.74) is -0.476. The number of carbonyl (C=O) groups is 1. The van der Waals surface area contributed by atoms with Gasteiger partial charge in [0.1, 0.15) is 29.3 Å². The number of likely N-dealkylation sites (N-methyl/N-ethyl adjacent to an activating group) is 1. The Kier molecular flexibility index (Phi) is 4.23. The maximum atomic E-state index is 14.6. The molecule has 1 atom stereocenters. The first-order chi connectivity index (χ1) is 13.1. The molecule has 2 heterocycles. The van der Waals surface area contributed by atoms with E-state index in [0.717, 1.165) is 10.9 Å². The van der Waals surface area contributed by atoms with E-state index in [9.17, 15) is 14.3 Å². The Morgan fingerprint density at radius 2 is 2.48 bits per heavy atom. The van der Waals surface area contributed by atoms with E-state index in [1.54, 1.807) is 6.20 Å². The van der Waals surface area contributed by atoms with Gasteiger partial charge in [0, 0.05) is 28.3 Å². The van der Waals surface area contributed by atoms with Gasteiger partial charge in [-0.2, -0.15) is 0 Å². The van der Waals surface area contributed by atoms with Crippen LogP contribution in [0.4, 0.5) is 4.39 Å². The third-order valence-corrected chi connectivity index (χ3v) is 4.65. The lowest BCUT2D eigenvalue weighted by Crippen LogP contribution is -2.42. The molecule has 0 saturated carbocycles. The molecule has 25 heavy (non-hydrogen) atoms. The normalized spacial score (nSPS) is 20.6. The van der Waals surface area contributed by atoms with Crippen molar-refractivity contribution in [1.29, 1.82) is 0 Å². The molecule has 1 aliphatic heterocycles. The number of rotatable bonds is 5. The van der Waals surface area contributed by atoms with Crippen molar-refractivity contribution in [3.63, 3.8) is 0 Å². The van der Waals surface area contributed by atoms with Gasteiger partial charge in [-0.1, -0.05) is 0 Å². The number of morpholine rings is 1. The largest absolute Gasteiger partial charge is 0.491 e. The van der Waals surface area contributed by atoms with Crippen LogP contribution < -0.4 is 4.74 Å². The molecule has 2 aromatic rings. The highest BCUT2D eigenvalue weighted by Crippen LogP contribution is 2.32. The van der Waals surface area contributed by atoms with Gasteiger partial charge in [-0.3, -0.25) is 0 Å². The molecular weight excluding hydrogens is 347 g/mol. The summed E-state index contributed by atoms with van der Waals surface area (Å²) in [5, 5.41) is 9.65. The fraction of sp³-hybridized carbons (Fsp3) is 0.412. The molecule has 1 fully saturated rings. The van der Waals surface area contributed by atoms with Crippen LogP contribution in [0, 0.1) is 12.7 Å². The third kappa shape index (κ3) is 4.15. The summed E-state index contributed by atoms with van der Waals surface area (Å²) in [6.07, 6.45) is 1.07. The van der Waals surface area contributed by atoms with E-state index in [1.165, 1.54) is 22.3 Å². The highest BCUT2D eigenvalue weighted by Gasteiger charge is 2.22. The zero-order valence-electron chi connectivity index (χ0n) is 16.5. The molecule has 134 valence electrons. The Balaban J connectivity index is 1.80. The Bertz CT molecular complexity index is 875. The molecule has 3 rings (SSSR count). The van der Waals surface area contributed by atoms with Gasteiger partial charge in [0.05, 0.1) is 17.7 Å². The summed E-state index contributed by atoms with van der Waals surface area (Å²) in [6.45, 7) is 0.300. The van der Waals surface area contributed by atoms with Gasteiger partial charge in [-0.15, -0.1) is 11.3 Å². The lowest BCUT2D eigenvalue weighted by atomic mass is 10.1. The maximum Gasteiger partial charge on any atom is 0.338 e. The summed E-state index contributed by atoms with van der Waals surface area (Å²) in [5.74, 6) is -2.15. The number of nitrogens with zero attached hydrogens (tertiary/aromatic N) is 2. The quantitative estimate of drug-likeness (QED) is 0.874. The summed E-state index contributed by atoms with van der Waals surface area (Å²) in [7, 11) is 0. The first-order valence-electron chi connectivity index (χ1n) is 9.14. The molecule has 8 heteroatoms. The number of benzene rings is 1. The predicted octanol–water partition coefficient (Wildman–Crippen LogP) is 2.67. The zero-order valence-corrected chi connectivity index (χ0v) is 14.3. The molecule has 0 aliphatic carbocycles. The van der Waals surface area contributed by atoms with E-state index >= 15 is 0 Å². The molecule has 1 aromatic carbocycles. The molecular formula is C17H19FN2O4S. The van der Waals surface area contributed by atoms with Gasteiger partial charge in [-0.05, 0) is 26.0 Å². The molecule has 6 nitrogen and oxygen atoms in total. The lowest BCUT2D eigenvalue weighted by molar-refractivity contribution is -0.0403. The van der Waals surface area contributed by atoms with Crippen LogP contribution in [0.3, 0.4) is 0 Å². The Labute approximate surface area is 153 Å². The Hall–Kier alpha value is -2.03. The number of hydrogen-bond donors (Lipinski definition) is 1. The number of aromatic nitrogens is 1. The minimum Gasteiger partial charge on any atom is -0.491 e. The summed E-state index contributed by atoms with van der Waals surface area (Å²) in [6, 6.07) is 2.50. The smallest absolute Gasteiger partial charge is 0.338 e. The van der Waals surface area contributed by atoms with Crippen molar-refractivity contribution in [3.8, 4) is 16.3 Å². The number of carboxylic acids is 1. The molecule has 0 radical (unpaired) electrons. The number of ether oxygens (including phenoxy) is 2. The molecule has 0 spiro atoms. The van der Waals surface area contributed by atoms with Gasteiger partial charge < -0.3 is 19.5 Å². The van der Waals surface area contributed by atoms with Crippen molar-refractivity contribution in [3.05, 3.63) is 34.6 Å². The Morgan fingerprint density at radius 1 is 1.64 bits per heavy atom. The van der Waals surface area contributed by atoms with E-state index in [2.05, 4.69) is 4.98 Å². The van der Waals surface area contributed by atoms with Crippen LogP contribution in [0.1, 0.15) is 19.3 Å². The molecule has 1 aliphatic rings. The Morgan fingerprint density at radius 3 is 3.16 bits per heavy atom. The van der Waals surface area contributed by atoms with E-state index in [4.69, 9.17) is 13.6 Å². The number of aryl methyl sites for hydroxylation is 1. The van der Waals surface area contributed by atoms with Gasteiger partial charge >= 0.3 is 5.97 Å². The second-order valence-corrected chi connectivity index (χ2v) is 6.90. The van der Waals surface area contributed by atoms with Crippen molar-refractivity contribution in [2.75, 3.05) is 33.3 Å². The fourth-order valence-corrected chi connectivity index (χ4v) is 3.26. The number of halogens is 1. The highest BCUT2D eigenvalue weighted by atomic mass is 32.1.